The number of alkyl halides is 3. The van der Waals surface area contributed by atoms with Crippen LogP contribution in [0.4, 0.5) is 24.5 Å². The number of pyridine rings is 1. The van der Waals surface area contributed by atoms with Gasteiger partial charge in [-0.1, -0.05) is 12.1 Å². The maximum absolute atomic E-state index is 13.5. The first kappa shape index (κ1) is 24.2. The van der Waals surface area contributed by atoms with Crippen LogP contribution in [0.2, 0.25) is 0 Å². The van der Waals surface area contributed by atoms with Crippen LogP contribution in [0.3, 0.4) is 0 Å². The summed E-state index contributed by atoms with van der Waals surface area (Å²) in [5.74, 6) is -0.212. The Labute approximate surface area is 214 Å². The molecule has 2 saturated heterocycles. The minimum atomic E-state index is -4.73. The number of aromatic nitrogens is 1. The number of halogens is 3. The highest BCUT2D eigenvalue weighted by Gasteiger charge is 2.56. The maximum Gasteiger partial charge on any atom is 0.419 e. The van der Waals surface area contributed by atoms with Crippen LogP contribution in [0, 0.1) is 11.3 Å². The van der Waals surface area contributed by atoms with E-state index in [-0.39, 0.29) is 18.3 Å². The zero-order valence-electron chi connectivity index (χ0n) is 20.5. The standard InChI is InChI=1S/C27H29F3N6O/c28-27(29,30)23-14-22(16-32-24(23)15-31)35-18-36(26(25(35)37)8-1-9-26)21-4-2-19(3-5-21)17-33-10-12-34(13-11-33)20-6-7-20/h2-5,14,16,20H,1,6-13,17-18H2. The van der Waals surface area contributed by atoms with E-state index in [1.165, 1.54) is 35.6 Å². The third-order valence-corrected chi connectivity index (χ3v) is 8.34. The zero-order chi connectivity index (χ0) is 25.8. The predicted octanol–water partition coefficient (Wildman–Crippen LogP) is 3.99. The number of carbonyl (C=O) groups excluding carboxylic acids is 1. The summed E-state index contributed by atoms with van der Waals surface area (Å²) in [6.07, 6.45) is 1.34. The van der Waals surface area contributed by atoms with Crippen LogP contribution < -0.4 is 9.80 Å². The number of benzene rings is 1. The van der Waals surface area contributed by atoms with Crippen molar-refractivity contribution in [1.82, 2.24) is 14.8 Å². The Morgan fingerprint density at radius 2 is 1.76 bits per heavy atom. The average Bonchev–Trinajstić information content (AvgIpc) is 3.66. The van der Waals surface area contributed by atoms with E-state index in [1.54, 1.807) is 0 Å². The van der Waals surface area contributed by atoms with Crippen molar-refractivity contribution in [3.05, 3.63) is 53.3 Å². The van der Waals surface area contributed by atoms with E-state index in [0.717, 1.165) is 56.9 Å². The van der Waals surface area contributed by atoms with Gasteiger partial charge in [-0.15, -0.1) is 0 Å². The molecule has 3 heterocycles. The van der Waals surface area contributed by atoms with Crippen molar-refractivity contribution in [3.8, 4) is 6.07 Å². The number of nitrogens with zero attached hydrogens (tertiary/aromatic N) is 6. The second-order valence-electron chi connectivity index (χ2n) is 10.6. The molecular weight excluding hydrogens is 481 g/mol. The Hall–Kier alpha value is -3.16. The molecule has 6 rings (SSSR count). The lowest BCUT2D eigenvalue weighted by Gasteiger charge is -2.43. The van der Waals surface area contributed by atoms with E-state index < -0.39 is 23.0 Å². The number of carbonyl (C=O) groups is 1. The Balaban J connectivity index is 1.19. The number of amides is 1. The van der Waals surface area contributed by atoms with Crippen molar-refractivity contribution in [3.63, 3.8) is 0 Å². The van der Waals surface area contributed by atoms with Crippen LogP contribution in [0.1, 0.15) is 48.9 Å². The highest BCUT2D eigenvalue weighted by Crippen LogP contribution is 2.47. The van der Waals surface area contributed by atoms with Gasteiger partial charge in [0.2, 0.25) is 0 Å². The summed E-state index contributed by atoms with van der Waals surface area (Å²) in [4.78, 5) is 25.7. The summed E-state index contributed by atoms with van der Waals surface area (Å²) in [5, 5.41) is 9.07. The molecule has 0 atom stereocenters. The minimum absolute atomic E-state index is 0.0621. The summed E-state index contributed by atoms with van der Waals surface area (Å²) < 4.78 is 40.6. The van der Waals surface area contributed by atoms with Crippen LogP contribution in [0.15, 0.2) is 36.5 Å². The molecule has 0 unspecified atom stereocenters. The fourth-order valence-corrected chi connectivity index (χ4v) is 5.90. The van der Waals surface area contributed by atoms with E-state index >= 15 is 0 Å². The summed E-state index contributed by atoms with van der Waals surface area (Å²) >= 11 is 0. The summed E-state index contributed by atoms with van der Waals surface area (Å²) in [7, 11) is 0. The Morgan fingerprint density at radius 3 is 2.32 bits per heavy atom. The highest BCUT2D eigenvalue weighted by molar-refractivity contribution is 6.06. The van der Waals surface area contributed by atoms with Gasteiger partial charge in [-0.05, 0) is 55.9 Å². The summed E-state index contributed by atoms with van der Waals surface area (Å²) in [5.41, 5.74) is -0.402. The second-order valence-corrected chi connectivity index (χ2v) is 10.6. The predicted molar refractivity (Wildman–Crippen MR) is 132 cm³/mol. The Kier molecular flexibility index (Phi) is 5.88. The summed E-state index contributed by atoms with van der Waals surface area (Å²) in [6.45, 7) is 5.40. The Bertz CT molecular complexity index is 1220. The van der Waals surface area contributed by atoms with Crippen LogP contribution in [0.25, 0.3) is 0 Å². The second kappa shape index (κ2) is 8.99. The van der Waals surface area contributed by atoms with E-state index in [2.05, 4.69) is 26.9 Å². The number of piperazine rings is 1. The summed E-state index contributed by atoms with van der Waals surface area (Å²) in [6, 6.07) is 11.4. The third-order valence-electron chi connectivity index (χ3n) is 8.34. The van der Waals surface area contributed by atoms with Crippen molar-refractivity contribution >= 4 is 17.3 Å². The van der Waals surface area contributed by atoms with Gasteiger partial charge in [0.25, 0.3) is 5.91 Å². The largest absolute Gasteiger partial charge is 0.419 e. The van der Waals surface area contributed by atoms with E-state index in [1.807, 2.05) is 17.0 Å². The molecule has 1 aromatic heterocycles. The van der Waals surface area contributed by atoms with Gasteiger partial charge < -0.3 is 4.90 Å². The van der Waals surface area contributed by atoms with Crippen LogP contribution in [0.5, 0.6) is 0 Å². The molecule has 1 aromatic carbocycles. The van der Waals surface area contributed by atoms with Crippen LogP contribution >= 0.6 is 0 Å². The van der Waals surface area contributed by atoms with Crippen molar-refractivity contribution in [2.24, 2.45) is 0 Å². The lowest BCUT2D eigenvalue weighted by atomic mass is 9.75. The monoisotopic (exact) mass is 510 g/mol. The lowest BCUT2D eigenvalue weighted by Crippen LogP contribution is -2.54. The molecule has 7 nitrogen and oxygen atoms in total. The lowest BCUT2D eigenvalue weighted by molar-refractivity contribution is -0.138. The SMILES string of the molecule is N#Cc1ncc(N2CN(c3ccc(CN4CCN(C5CC5)CC4)cc3)C3(CCC3)C2=O)cc1C(F)(F)F. The van der Waals surface area contributed by atoms with Gasteiger partial charge in [0.05, 0.1) is 24.1 Å². The van der Waals surface area contributed by atoms with Crippen LogP contribution in [-0.2, 0) is 17.5 Å². The van der Waals surface area contributed by atoms with Crippen molar-refractivity contribution in [1.29, 1.82) is 5.26 Å². The van der Waals surface area contributed by atoms with Crippen LogP contribution in [-0.4, -0.2) is 65.1 Å². The number of hydrogen-bond donors (Lipinski definition) is 0. The molecule has 4 fully saturated rings. The first-order valence-corrected chi connectivity index (χ1v) is 12.9. The van der Waals surface area contributed by atoms with Crippen molar-refractivity contribution in [2.45, 2.75) is 56.4 Å². The fraction of sp³-hybridized carbons (Fsp3) is 0.519. The molecule has 0 bridgehead atoms. The van der Waals surface area contributed by atoms with Gasteiger partial charge in [-0.25, -0.2) is 4.98 Å². The molecule has 2 aliphatic carbocycles. The average molecular weight is 511 g/mol. The van der Waals surface area contributed by atoms with E-state index in [9.17, 15) is 18.0 Å². The molecule has 1 amide bonds. The van der Waals surface area contributed by atoms with Gasteiger partial charge in [-0.2, -0.15) is 18.4 Å². The molecule has 0 N–H and O–H groups in total. The molecule has 2 saturated carbocycles. The third kappa shape index (κ3) is 4.34. The zero-order valence-corrected chi connectivity index (χ0v) is 20.5. The normalized spacial score (nSPS) is 22.4. The molecular formula is C27H29F3N6O. The minimum Gasteiger partial charge on any atom is -0.339 e. The number of anilines is 2. The molecule has 1 spiro atoms. The smallest absolute Gasteiger partial charge is 0.339 e. The molecule has 10 heteroatoms. The van der Waals surface area contributed by atoms with Gasteiger partial charge in [0.1, 0.15) is 11.6 Å². The molecule has 2 aliphatic heterocycles. The number of hydrogen-bond acceptors (Lipinski definition) is 6. The van der Waals surface area contributed by atoms with Crippen molar-refractivity contribution < 1.29 is 18.0 Å². The van der Waals surface area contributed by atoms with Crippen molar-refractivity contribution in [2.75, 3.05) is 42.6 Å². The highest BCUT2D eigenvalue weighted by atomic mass is 19.4. The quantitative estimate of drug-likeness (QED) is 0.606. The first-order valence-electron chi connectivity index (χ1n) is 12.9. The molecule has 0 radical (unpaired) electrons. The molecule has 2 aromatic rings. The van der Waals surface area contributed by atoms with Gasteiger partial charge in [-0.3, -0.25) is 19.5 Å². The first-order chi connectivity index (χ1) is 17.8. The maximum atomic E-state index is 13.5. The van der Waals surface area contributed by atoms with Gasteiger partial charge in [0.15, 0.2) is 5.69 Å². The molecule has 37 heavy (non-hydrogen) atoms. The number of nitriles is 1. The van der Waals surface area contributed by atoms with Gasteiger partial charge >= 0.3 is 6.18 Å². The Morgan fingerprint density at radius 1 is 1.05 bits per heavy atom. The topological polar surface area (TPSA) is 66.7 Å². The fourth-order valence-electron chi connectivity index (χ4n) is 5.90. The van der Waals surface area contributed by atoms with E-state index in [4.69, 9.17) is 5.26 Å². The molecule has 194 valence electrons. The molecule has 4 aliphatic rings. The number of rotatable bonds is 5. The van der Waals surface area contributed by atoms with Gasteiger partial charge in [0, 0.05) is 44.5 Å². The van der Waals surface area contributed by atoms with E-state index in [0.29, 0.717) is 12.8 Å².